The number of hydrogen-bond donors (Lipinski definition) is 0. The van der Waals surface area contributed by atoms with Gasteiger partial charge in [-0.3, -0.25) is 0 Å². The summed E-state index contributed by atoms with van der Waals surface area (Å²) >= 11 is 0. The van der Waals surface area contributed by atoms with E-state index >= 15 is 0 Å². The van der Waals surface area contributed by atoms with Crippen LogP contribution in [-0.4, -0.2) is 14.5 Å². The van der Waals surface area contributed by atoms with Crippen molar-refractivity contribution in [2.24, 2.45) is 0 Å². The SMILES string of the molecule is c1ccc2c(-c3cc(-c4cc(-c5cc(-c6cccc7ccccc67)nc(-c6cccc7ccccc67)c5)cc(-n5c6ccccc6c6ccccc65)c4)cc(-c4cccc5ccccc45)n3)cccc2c1. The third-order valence-electron chi connectivity index (χ3n) is 14.3. The molecule has 330 valence electrons. The minimum Gasteiger partial charge on any atom is -0.309 e. The number of hydrogen-bond acceptors (Lipinski definition) is 2. The van der Waals surface area contributed by atoms with Crippen molar-refractivity contribution in [2.45, 2.75) is 0 Å². The van der Waals surface area contributed by atoms with Crippen LogP contribution in [-0.2, 0) is 0 Å². The number of benzene rings is 11. The fraction of sp³-hybridized carbons (Fsp3) is 0. The Morgan fingerprint density at radius 2 is 0.493 bits per heavy atom. The normalized spacial score (nSPS) is 11.7. The molecule has 0 saturated carbocycles. The third kappa shape index (κ3) is 6.97. The Morgan fingerprint density at radius 3 is 0.831 bits per heavy atom. The van der Waals surface area contributed by atoms with Crippen LogP contribution in [0, 0.1) is 0 Å². The highest BCUT2D eigenvalue weighted by atomic mass is 15.0. The smallest absolute Gasteiger partial charge is 0.0721 e. The average molecular weight is 902 g/mol. The molecule has 0 spiro atoms. The summed E-state index contributed by atoms with van der Waals surface area (Å²) in [4.78, 5) is 11.1. The van der Waals surface area contributed by atoms with Crippen molar-refractivity contribution >= 4 is 64.9 Å². The van der Waals surface area contributed by atoms with E-state index in [2.05, 4.69) is 265 Å². The van der Waals surface area contributed by atoms with Gasteiger partial charge in [-0.05, 0) is 120 Å². The molecular formula is C68H43N3. The van der Waals surface area contributed by atoms with Crippen molar-refractivity contribution in [3.63, 3.8) is 0 Å². The summed E-state index contributed by atoms with van der Waals surface area (Å²) in [5.74, 6) is 0. The summed E-state index contributed by atoms with van der Waals surface area (Å²) < 4.78 is 2.44. The number of para-hydroxylation sites is 2. The van der Waals surface area contributed by atoms with Crippen LogP contribution in [0.1, 0.15) is 0 Å². The fourth-order valence-corrected chi connectivity index (χ4v) is 11.0. The highest BCUT2D eigenvalue weighted by Crippen LogP contribution is 2.42. The van der Waals surface area contributed by atoms with Gasteiger partial charge in [-0.15, -0.1) is 0 Å². The minimum atomic E-state index is 0.923. The molecule has 0 atom stereocenters. The maximum absolute atomic E-state index is 5.56. The van der Waals surface area contributed by atoms with Gasteiger partial charge in [-0.1, -0.05) is 206 Å². The molecule has 0 saturated heterocycles. The lowest BCUT2D eigenvalue weighted by atomic mass is 9.92. The Balaban J connectivity index is 1.08. The Kier molecular flexibility index (Phi) is 9.53. The Morgan fingerprint density at radius 1 is 0.225 bits per heavy atom. The Bertz CT molecular complexity index is 3930. The molecule has 0 radical (unpaired) electrons. The van der Waals surface area contributed by atoms with E-state index in [0.29, 0.717) is 0 Å². The van der Waals surface area contributed by atoms with Gasteiger partial charge in [-0.2, -0.15) is 0 Å². The molecule has 0 aliphatic heterocycles. The van der Waals surface area contributed by atoms with Crippen molar-refractivity contribution in [3.8, 4) is 73.0 Å². The van der Waals surface area contributed by atoms with E-state index in [1.54, 1.807) is 0 Å². The zero-order valence-electron chi connectivity index (χ0n) is 38.7. The lowest BCUT2D eigenvalue weighted by molar-refractivity contribution is 1.18. The van der Waals surface area contributed by atoms with Crippen LogP contribution in [0.25, 0.3) is 138 Å². The zero-order valence-corrected chi connectivity index (χ0v) is 38.7. The van der Waals surface area contributed by atoms with Crippen LogP contribution < -0.4 is 0 Å². The summed E-state index contributed by atoms with van der Waals surface area (Å²) in [5, 5.41) is 11.8. The van der Waals surface area contributed by atoms with Crippen molar-refractivity contribution in [2.75, 3.05) is 0 Å². The maximum Gasteiger partial charge on any atom is 0.0721 e. The van der Waals surface area contributed by atoms with Crippen LogP contribution in [0.15, 0.2) is 261 Å². The van der Waals surface area contributed by atoms with E-state index in [-0.39, 0.29) is 0 Å². The molecule has 71 heavy (non-hydrogen) atoms. The van der Waals surface area contributed by atoms with Gasteiger partial charge in [0.05, 0.1) is 33.8 Å². The van der Waals surface area contributed by atoms with E-state index < -0.39 is 0 Å². The average Bonchev–Trinajstić information content (AvgIpc) is 3.78. The topological polar surface area (TPSA) is 30.7 Å². The van der Waals surface area contributed by atoms with Gasteiger partial charge in [0.2, 0.25) is 0 Å². The van der Waals surface area contributed by atoms with Crippen molar-refractivity contribution in [1.29, 1.82) is 0 Å². The molecule has 3 heterocycles. The first-order valence-corrected chi connectivity index (χ1v) is 24.3. The largest absolute Gasteiger partial charge is 0.309 e. The van der Waals surface area contributed by atoms with Crippen LogP contribution in [0.4, 0.5) is 0 Å². The van der Waals surface area contributed by atoms with Crippen LogP contribution in [0.2, 0.25) is 0 Å². The van der Waals surface area contributed by atoms with E-state index in [1.165, 1.54) is 53.9 Å². The molecule has 0 fully saturated rings. The van der Waals surface area contributed by atoms with Gasteiger partial charge >= 0.3 is 0 Å². The molecule has 0 bridgehead atoms. The van der Waals surface area contributed by atoms with Crippen LogP contribution in [0.3, 0.4) is 0 Å². The molecule has 0 N–H and O–H groups in total. The first kappa shape index (κ1) is 40.6. The summed E-state index contributed by atoms with van der Waals surface area (Å²) in [5.41, 5.74) is 15.8. The van der Waals surface area contributed by atoms with E-state index in [0.717, 1.165) is 84.0 Å². The molecule has 0 unspecified atom stereocenters. The second-order valence-electron chi connectivity index (χ2n) is 18.5. The molecule has 3 nitrogen and oxygen atoms in total. The molecule has 14 rings (SSSR count). The number of nitrogens with zero attached hydrogens (tertiary/aromatic N) is 3. The predicted molar refractivity (Wildman–Crippen MR) is 299 cm³/mol. The van der Waals surface area contributed by atoms with Crippen molar-refractivity contribution < 1.29 is 0 Å². The zero-order chi connectivity index (χ0) is 46.8. The van der Waals surface area contributed by atoms with E-state index in [1.807, 2.05) is 0 Å². The van der Waals surface area contributed by atoms with Crippen LogP contribution >= 0.6 is 0 Å². The highest BCUT2D eigenvalue weighted by Gasteiger charge is 2.19. The van der Waals surface area contributed by atoms with Gasteiger partial charge < -0.3 is 4.57 Å². The molecule has 14 aromatic rings. The predicted octanol–water partition coefficient (Wildman–Crippen LogP) is 18.2. The molecule has 3 heteroatoms. The fourth-order valence-electron chi connectivity index (χ4n) is 11.0. The molecule has 3 aromatic heterocycles. The monoisotopic (exact) mass is 901 g/mol. The molecule has 0 aliphatic carbocycles. The van der Waals surface area contributed by atoms with E-state index in [4.69, 9.17) is 9.97 Å². The lowest BCUT2D eigenvalue weighted by Crippen LogP contribution is -1.98. The van der Waals surface area contributed by atoms with Gasteiger partial charge in [-0.25, -0.2) is 9.97 Å². The summed E-state index contributed by atoms with van der Waals surface area (Å²) in [7, 11) is 0. The summed E-state index contributed by atoms with van der Waals surface area (Å²) in [6.07, 6.45) is 0. The summed E-state index contributed by atoms with van der Waals surface area (Å²) in [6.45, 7) is 0. The Labute approximate surface area is 411 Å². The first-order valence-electron chi connectivity index (χ1n) is 24.3. The highest BCUT2D eigenvalue weighted by molar-refractivity contribution is 6.10. The van der Waals surface area contributed by atoms with Crippen molar-refractivity contribution in [3.05, 3.63) is 261 Å². The number of rotatable bonds is 7. The molecule has 11 aromatic carbocycles. The first-order chi connectivity index (χ1) is 35.2. The lowest BCUT2D eigenvalue weighted by Gasteiger charge is -2.17. The standard InChI is InChI=1S/C68H43N3/c1-5-25-53-44(17-1)21-13-31-57(53)63-40-50(41-64(69-63)58-32-14-22-45-18-2-6-26-54(45)58)48-37-49(39-52(38-48)71-67-35-11-9-29-61(67)62-30-10-12-36-68(62)71)51-42-65(59-33-15-23-46-19-3-7-27-55(46)59)70-66(43-51)60-34-16-24-47-20-4-8-28-56(47)60/h1-43H. The minimum absolute atomic E-state index is 0.923. The molecule has 0 aliphatic rings. The van der Waals surface area contributed by atoms with Gasteiger partial charge in [0.25, 0.3) is 0 Å². The summed E-state index contributed by atoms with van der Waals surface area (Å²) in [6, 6.07) is 94.5. The molecule has 0 amide bonds. The quantitative estimate of drug-likeness (QED) is 0.160. The van der Waals surface area contributed by atoms with Crippen LogP contribution in [0.5, 0.6) is 0 Å². The van der Waals surface area contributed by atoms with Gasteiger partial charge in [0, 0.05) is 38.7 Å². The van der Waals surface area contributed by atoms with Gasteiger partial charge in [0.15, 0.2) is 0 Å². The third-order valence-corrected chi connectivity index (χ3v) is 14.3. The van der Waals surface area contributed by atoms with Gasteiger partial charge in [0.1, 0.15) is 0 Å². The number of pyridine rings is 2. The number of aromatic nitrogens is 3. The number of fused-ring (bicyclic) bond motifs is 7. The van der Waals surface area contributed by atoms with Crippen molar-refractivity contribution in [1.82, 2.24) is 14.5 Å². The van der Waals surface area contributed by atoms with E-state index in [9.17, 15) is 0 Å². The molecular weight excluding hydrogens is 859 g/mol. The maximum atomic E-state index is 5.56. The second kappa shape index (κ2) is 16.7. The second-order valence-corrected chi connectivity index (χ2v) is 18.5. The Hall–Kier alpha value is -9.44.